The molecular formula is C14H19NO4. The van der Waals surface area contributed by atoms with Gasteiger partial charge < -0.3 is 10.2 Å². The summed E-state index contributed by atoms with van der Waals surface area (Å²) in [5.41, 5.74) is 1.80. The Morgan fingerprint density at radius 3 is 2.21 bits per heavy atom. The van der Waals surface area contributed by atoms with Crippen molar-refractivity contribution in [3.05, 3.63) is 35.4 Å². The van der Waals surface area contributed by atoms with Crippen LogP contribution < -0.4 is 0 Å². The average Bonchev–Trinajstić information content (AvgIpc) is 2.37. The Bertz CT molecular complexity index is 441. The van der Waals surface area contributed by atoms with E-state index in [2.05, 4.69) is 0 Å². The SMILES string of the molecule is CCc1ccc(C(C(=O)O)N(C)CCC(=O)O)cc1. The predicted octanol–water partition coefficient (Wildman–Crippen LogP) is 1.78. The lowest BCUT2D eigenvalue weighted by Gasteiger charge is -2.24. The molecule has 0 amide bonds. The molecule has 0 saturated heterocycles. The Morgan fingerprint density at radius 2 is 1.79 bits per heavy atom. The largest absolute Gasteiger partial charge is 0.481 e. The van der Waals surface area contributed by atoms with Gasteiger partial charge in [-0.1, -0.05) is 31.2 Å². The number of hydrogen-bond donors (Lipinski definition) is 2. The molecule has 0 radical (unpaired) electrons. The van der Waals surface area contributed by atoms with Gasteiger partial charge in [-0.05, 0) is 24.6 Å². The normalized spacial score (nSPS) is 12.4. The molecule has 0 fully saturated rings. The summed E-state index contributed by atoms with van der Waals surface area (Å²) in [5.74, 6) is -1.91. The van der Waals surface area contributed by atoms with Crippen LogP contribution in [0.3, 0.4) is 0 Å². The van der Waals surface area contributed by atoms with E-state index < -0.39 is 18.0 Å². The highest BCUT2D eigenvalue weighted by atomic mass is 16.4. The molecule has 0 bridgehead atoms. The molecule has 0 spiro atoms. The van der Waals surface area contributed by atoms with Crippen LogP contribution in [0.2, 0.25) is 0 Å². The second-order valence-electron chi connectivity index (χ2n) is 4.46. The summed E-state index contributed by atoms with van der Waals surface area (Å²) in [6.07, 6.45) is 0.820. The Kier molecular flexibility index (Phi) is 5.51. The van der Waals surface area contributed by atoms with Crippen molar-refractivity contribution in [3.63, 3.8) is 0 Å². The van der Waals surface area contributed by atoms with E-state index in [1.165, 1.54) is 4.90 Å². The van der Waals surface area contributed by atoms with E-state index in [9.17, 15) is 14.7 Å². The highest BCUT2D eigenvalue weighted by molar-refractivity contribution is 5.75. The monoisotopic (exact) mass is 265 g/mol. The number of carboxylic acid groups (broad SMARTS) is 2. The van der Waals surface area contributed by atoms with E-state index in [0.29, 0.717) is 5.56 Å². The van der Waals surface area contributed by atoms with Crippen LogP contribution in [0.5, 0.6) is 0 Å². The van der Waals surface area contributed by atoms with Crippen LogP contribution in [0.1, 0.15) is 30.5 Å². The van der Waals surface area contributed by atoms with Gasteiger partial charge in [0.15, 0.2) is 0 Å². The number of carbonyl (C=O) groups is 2. The van der Waals surface area contributed by atoms with Crippen LogP contribution in [0, 0.1) is 0 Å². The van der Waals surface area contributed by atoms with Gasteiger partial charge in [0.25, 0.3) is 0 Å². The topological polar surface area (TPSA) is 77.8 Å². The van der Waals surface area contributed by atoms with Crippen molar-refractivity contribution in [2.24, 2.45) is 0 Å². The molecular weight excluding hydrogens is 246 g/mol. The van der Waals surface area contributed by atoms with Gasteiger partial charge in [-0.2, -0.15) is 0 Å². The molecule has 1 atom stereocenters. The summed E-state index contributed by atoms with van der Waals surface area (Å²) >= 11 is 0. The summed E-state index contributed by atoms with van der Waals surface area (Å²) < 4.78 is 0. The van der Waals surface area contributed by atoms with Crippen LogP contribution in [0.25, 0.3) is 0 Å². The second-order valence-corrected chi connectivity index (χ2v) is 4.46. The van der Waals surface area contributed by atoms with Crippen LogP contribution in [-0.4, -0.2) is 40.6 Å². The van der Waals surface area contributed by atoms with Gasteiger partial charge in [0.2, 0.25) is 0 Å². The van der Waals surface area contributed by atoms with Crippen molar-refractivity contribution in [1.29, 1.82) is 0 Å². The number of aliphatic carboxylic acids is 2. The number of carboxylic acids is 2. The van der Waals surface area contributed by atoms with Crippen molar-refractivity contribution in [3.8, 4) is 0 Å². The fourth-order valence-corrected chi connectivity index (χ4v) is 1.92. The molecule has 104 valence electrons. The number of nitrogens with zero attached hydrogens (tertiary/aromatic N) is 1. The number of benzene rings is 1. The molecule has 0 aliphatic carbocycles. The van der Waals surface area contributed by atoms with Crippen molar-refractivity contribution < 1.29 is 19.8 Å². The number of hydrogen-bond acceptors (Lipinski definition) is 3. The van der Waals surface area contributed by atoms with Gasteiger partial charge in [0, 0.05) is 6.54 Å². The molecule has 19 heavy (non-hydrogen) atoms. The fraction of sp³-hybridized carbons (Fsp3) is 0.429. The summed E-state index contributed by atoms with van der Waals surface area (Å²) in [6, 6.07) is 6.56. The van der Waals surface area contributed by atoms with Crippen LogP contribution in [0.15, 0.2) is 24.3 Å². The molecule has 1 aromatic carbocycles. The third-order valence-electron chi connectivity index (χ3n) is 3.06. The maximum absolute atomic E-state index is 11.4. The molecule has 2 N–H and O–H groups in total. The van der Waals surface area contributed by atoms with Crippen LogP contribution in [-0.2, 0) is 16.0 Å². The zero-order chi connectivity index (χ0) is 14.4. The molecule has 0 saturated carbocycles. The van der Waals surface area contributed by atoms with Crippen LogP contribution >= 0.6 is 0 Å². The molecule has 0 aliphatic rings. The summed E-state index contributed by atoms with van der Waals surface area (Å²) in [6.45, 7) is 2.23. The highest BCUT2D eigenvalue weighted by Crippen LogP contribution is 2.20. The Labute approximate surface area is 112 Å². The molecule has 5 heteroatoms. The first-order chi connectivity index (χ1) is 8.95. The second kappa shape index (κ2) is 6.89. The van der Waals surface area contributed by atoms with Gasteiger partial charge in [-0.15, -0.1) is 0 Å². The lowest BCUT2D eigenvalue weighted by Crippen LogP contribution is -2.32. The molecule has 1 unspecified atom stereocenters. The first-order valence-electron chi connectivity index (χ1n) is 6.19. The van der Waals surface area contributed by atoms with Crippen molar-refractivity contribution in [1.82, 2.24) is 4.90 Å². The van der Waals surface area contributed by atoms with E-state index in [-0.39, 0.29) is 13.0 Å². The van der Waals surface area contributed by atoms with Crippen molar-refractivity contribution in [2.45, 2.75) is 25.8 Å². The minimum Gasteiger partial charge on any atom is -0.481 e. The van der Waals surface area contributed by atoms with Gasteiger partial charge in [0.05, 0.1) is 6.42 Å². The lowest BCUT2D eigenvalue weighted by atomic mass is 10.0. The van der Waals surface area contributed by atoms with Gasteiger partial charge >= 0.3 is 11.9 Å². The zero-order valence-electron chi connectivity index (χ0n) is 11.2. The molecule has 5 nitrogen and oxygen atoms in total. The zero-order valence-corrected chi connectivity index (χ0v) is 11.2. The van der Waals surface area contributed by atoms with Crippen molar-refractivity contribution >= 4 is 11.9 Å². The molecule has 1 aromatic rings. The minimum atomic E-state index is -0.975. The van der Waals surface area contributed by atoms with E-state index in [1.807, 2.05) is 19.1 Å². The summed E-state index contributed by atoms with van der Waals surface area (Å²) in [4.78, 5) is 23.4. The number of likely N-dealkylation sites (N-methyl/N-ethyl adjacent to an activating group) is 1. The summed E-state index contributed by atoms with van der Waals surface area (Å²) in [5, 5.41) is 17.9. The fourth-order valence-electron chi connectivity index (χ4n) is 1.92. The first kappa shape index (κ1) is 15.2. The standard InChI is InChI=1S/C14H19NO4/c1-3-10-4-6-11(7-5-10)13(14(18)19)15(2)9-8-12(16)17/h4-7,13H,3,8-9H2,1-2H3,(H,16,17)(H,18,19). The average molecular weight is 265 g/mol. The molecule has 0 aromatic heterocycles. The van der Waals surface area contributed by atoms with E-state index in [0.717, 1.165) is 12.0 Å². The van der Waals surface area contributed by atoms with E-state index >= 15 is 0 Å². The Hall–Kier alpha value is -1.88. The third-order valence-corrected chi connectivity index (χ3v) is 3.06. The van der Waals surface area contributed by atoms with Gasteiger partial charge in [-0.3, -0.25) is 14.5 Å². The third kappa shape index (κ3) is 4.37. The Morgan fingerprint density at radius 1 is 1.21 bits per heavy atom. The quantitative estimate of drug-likeness (QED) is 0.785. The van der Waals surface area contributed by atoms with Gasteiger partial charge in [0.1, 0.15) is 6.04 Å². The van der Waals surface area contributed by atoms with Gasteiger partial charge in [-0.25, -0.2) is 0 Å². The van der Waals surface area contributed by atoms with E-state index in [1.54, 1.807) is 19.2 Å². The number of rotatable bonds is 7. The van der Waals surface area contributed by atoms with Crippen molar-refractivity contribution in [2.75, 3.05) is 13.6 Å². The molecule has 0 aliphatic heterocycles. The highest BCUT2D eigenvalue weighted by Gasteiger charge is 2.24. The number of aryl methyl sites for hydroxylation is 1. The molecule has 1 rings (SSSR count). The predicted molar refractivity (Wildman–Crippen MR) is 71.1 cm³/mol. The maximum Gasteiger partial charge on any atom is 0.325 e. The molecule has 0 heterocycles. The summed E-state index contributed by atoms with van der Waals surface area (Å²) in [7, 11) is 1.62. The minimum absolute atomic E-state index is 0.0761. The Balaban J connectivity index is 2.86. The van der Waals surface area contributed by atoms with E-state index in [4.69, 9.17) is 5.11 Å². The maximum atomic E-state index is 11.4. The lowest BCUT2D eigenvalue weighted by molar-refractivity contribution is -0.144. The smallest absolute Gasteiger partial charge is 0.325 e. The first-order valence-corrected chi connectivity index (χ1v) is 6.19. The van der Waals surface area contributed by atoms with Crippen LogP contribution in [0.4, 0.5) is 0 Å².